The van der Waals surface area contributed by atoms with Crippen LogP contribution in [0, 0.1) is 0 Å². The van der Waals surface area contributed by atoms with Crippen LogP contribution in [-0.4, -0.2) is 39.6 Å². The summed E-state index contributed by atoms with van der Waals surface area (Å²) in [6.07, 6.45) is 2.58. The Morgan fingerprint density at radius 3 is 2.83 bits per heavy atom. The van der Waals surface area contributed by atoms with E-state index in [9.17, 15) is 4.79 Å². The monoisotopic (exact) mass is 355 g/mol. The average molecular weight is 355 g/mol. The lowest BCUT2D eigenvalue weighted by Crippen LogP contribution is -2.33. The summed E-state index contributed by atoms with van der Waals surface area (Å²) in [5.74, 6) is 0.940. The van der Waals surface area contributed by atoms with Gasteiger partial charge in [0.25, 0.3) is 5.91 Å². The molecule has 3 heterocycles. The van der Waals surface area contributed by atoms with Gasteiger partial charge in [0.1, 0.15) is 5.69 Å². The van der Waals surface area contributed by atoms with E-state index in [0.717, 1.165) is 36.3 Å². The molecule has 122 valence electrons. The molecule has 0 bridgehead atoms. The summed E-state index contributed by atoms with van der Waals surface area (Å²) in [5, 5.41) is 2.61. The number of aromatic nitrogens is 2. The van der Waals surface area contributed by atoms with Crippen LogP contribution in [0.25, 0.3) is 11.0 Å². The van der Waals surface area contributed by atoms with Crippen LogP contribution in [-0.2, 0) is 0 Å². The van der Waals surface area contributed by atoms with Crippen LogP contribution in [0.3, 0.4) is 0 Å². The Morgan fingerprint density at radius 1 is 1.12 bits per heavy atom. The van der Waals surface area contributed by atoms with E-state index in [1.165, 1.54) is 4.88 Å². The minimum Gasteiger partial charge on any atom is -0.336 e. The summed E-state index contributed by atoms with van der Waals surface area (Å²) in [5.41, 5.74) is 2.02. The van der Waals surface area contributed by atoms with Crippen molar-refractivity contribution in [2.24, 2.45) is 0 Å². The zero-order valence-corrected chi connectivity index (χ0v) is 14.7. The van der Waals surface area contributed by atoms with E-state index in [0.29, 0.717) is 10.9 Å². The Balaban J connectivity index is 1.51. The predicted octanol–water partition coefficient (Wildman–Crippen LogP) is 4.01. The number of amides is 1. The summed E-state index contributed by atoms with van der Waals surface area (Å²) in [7, 11) is 0. The number of thioether (sulfide) groups is 1. The maximum Gasteiger partial charge on any atom is 0.274 e. The number of rotatable bonds is 2. The molecule has 6 heteroatoms. The third-order valence-electron chi connectivity index (χ3n) is 4.16. The van der Waals surface area contributed by atoms with Crippen LogP contribution in [0.5, 0.6) is 0 Å². The maximum absolute atomic E-state index is 12.8. The molecule has 3 aromatic rings. The van der Waals surface area contributed by atoms with Crippen LogP contribution >= 0.6 is 23.1 Å². The molecule has 4 nitrogen and oxygen atoms in total. The zero-order valence-electron chi connectivity index (χ0n) is 13.1. The third-order valence-corrected chi connectivity index (χ3v) is 6.60. The van der Waals surface area contributed by atoms with Crippen molar-refractivity contribution in [1.82, 2.24) is 14.9 Å². The van der Waals surface area contributed by atoms with Gasteiger partial charge < -0.3 is 4.90 Å². The van der Waals surface area contributed by atoms with E-state index in [1.807, 2.05) is 40.9 Å². The largest absolute Gasteiger partial charge is 0.336 e. The SMILES string of the molecule is O=C(c1cnc2ccccc2n1)N1CCSC(c2cccs2)CC1. The molecule has 0 radical (unpaired) electrons. The molecule has 1 aliphatic rings. The first-order valence-electron chi connectivity index (χ1n) is 7.97. The van der Waals surface area contributed by atoms with Gasteiger partial charge in [-0.3, -0.25) is 9.78 Å². The number of para-hydroxylation sites is 2. The van der Waals surface area contributed by atoms with E-state index >= 15 is 0 Å². The summed E-state index contributed by atoms with van der Waals surface area (Å²) in [6, 6.07) is 11.9. The highest BCUT2D eigenvalue weighted by Gasteiger charge is 2.24. The molecule has 0 saturated carbocycles. The van der Waals surface area contributed by atoms with Crippen LogP contribution in [0.1, 0.15) is 27.0 Å². The second-order valence-corrected chi connectivity index (χ2v) is 7.99. The number of fused-ring (bicyclic) bond motifs is 1. The van der Waals surface area contributed by atoms with Crippen LogP contribution in [0.15, 0.2) is 48.0 Å². The number of nitrogens with zero attached hydrogens (tertiary/aromatic N) is 3. The van der Waals surface area contributed by atoms with Gasteiger partial charge in [-0.15, -0.1) is 11.3 Å². The highest BCUT2D eigenvalue weighted by molar-refractivity contribution is 7.99. The van der Waals surface area contributed by atoms with Crippen molar-refractivity contribution in [2.45, 2.75) is 11.7 Å². The third kappa shape index (κ3) is 3.16. The van der Waals surface area contributed by atoms with Crippen molar-refractivity contribution in [3.8, 4) is 0 Å². The molecule has 1 amide bonds. The fraction of sp³-hybridized carbons (Fsp3) is 0.278. The highest BCUT2D eigenvalue weighted by Crippen LogP contribution is 2.36. The number of hydrogen-bond donors (Lipinski definition) is 0. The van der Waals surface area contributed by atoms with Gasteiger partial charge in [-0.05, 0) is 30.0 Å². The van der Waals surface area contributed by atoms with Gasteiger partial charge in [-0.25, -0.2) is 4.98 Å². The molecule has 1 atom stereocenters. The molecular formula is C18H17N3OS2. The molecule has 0 spiro atoms. The van der Waals surface area contributed by atoms with Gasteiger partial charge in [0.05, 0.1) is 17.2 Å². The Hall–Kier alpha value is -1.92. The topological polar surface area (TPSA) is 46.1 Å². The number of thiophene rings is 1. The number of carbonyl (C=O) groups is 1. The van der Waals surface area contributed by atoms with Crippen LogP contribution in [0.2, 0.25) is 0 Å². The molecular weight excluding hydrogens is 338 g/mol. The summed E-state index contributed by atoms with van der Waals surface area (Å²) in [6.45, 7) is 1.53. The van der Waals surface area contributed by atoms with Crippen molar-refractivity contribution in [3.05, 3.63) is 58.5 Å². The minimum atomic E-state index is -0.0133. The van der Waals surface area contributed by atoms with Crippen molar-refractivity contribution in [3.63, 3.8) is 0 Å². The number of carbonyl (C=O) groups excluding carboxylic acids is 1. The van der Waals surface area contributed by atoms with Gasteiger partial charge >= 0.3 is 0 Å². The lowest BCUT2D eigenvalue weighted by atomic mass is 10.2. The number of hydrogen-bond acceptors (Lipinski definition) is 5. The maximum atomic E-state index is 12.8. The Morgan fingerprint density at radius 2 is 2.00 bits per heavy atom. The molecule has 0 N–H and O–H groups in total. The average Bonchev–Trinajstić information content (AvgIpc) is 3.05. The van der Waals surface area contributed by atoms with Crippen molar-refractivity contribution in [1.29, 1.82) is 0 Å². The normalized spacial score (nSPS) is 18.5. The molecule has 2 aromatic heterocycles. The van der Waals surface area contributed by atoms with E-state index in [1.54, 1.807) is 17.5 Å². The lowest BCUT2D eigenvalue weighted by molar-refractivity contribution is 0.0761. The standard InChI is InChI=1S/C18H17N3OS2/c22-18(15-12-19-13-4-1-2-5-14(13)20-15)21-8-7-17(24-11-9-21)16-6-3-10-23-16/h1-6,10,12,17H,7-9,11H2. The quantitative estimate of drug-likeness (QED) is 0.697. The summed E-state index contributed by atoms with van der Waals surface area (Å²) >= 11 is 3.74. The van der Waals surface area contributed by atoms with Gasteiger partial charge in [-0.1, -0.05) is 18.2 Å². The van der Waals surface area contributed by atoms with E-state index in [4.69, 9.17) is 0 Å². The molecule has 1 aromatic carbocycles. The van der Waals surface area contributed by atoms with Gasteiger partial charge in [0, 0.05) is 29.0 Å². The molecule has 1 aliphatic heterocycles. The van der Waals surface area contributed by atoms with Crippen molar-refractivity contribution >= 4 is 40.0 Å². The predicted molar refractivity (Wildman–Crippen MR) is 99.6 cm³/mol. The summed E-state index contributed by atoms with van der Waals surface area (Å²) < 4.78 is 0. The molecule has 4 rings (SSSR count). The minimum absolute atomic E-state index is 0.0133. The smallest absolute Gasteiger partial charge is 0.274 e. The van der Waals surface area contributed by atoms with E-state index in [2.05, 4.69) is 27.5 Å². The van der Waals surface area contributed by atoms with Gasteiger partial charge in [0.15, 0.2) is 0 Å². The van der Waals surface area contributed by atoms with Crippen molar-refractivity contribution in [2.75, 3.05) is 18.8 Å². The van der Waals surface area contributed by atoms with Crippen LogP contribution in [0.4, 0.5) is 0 Å². The Labute approximate surface area is 148 Å². The summed E-state index contributed by atoms with van der Waals surface area (Å²) in [4.78, 5) is 25.0. The lowest BCUT2D eigenvalue weighted by Gasteiger charge is -2.19. The fourth-order valence-corrected chi connectivity index (χ4v) is 5.13. The number of benzene rings is 1. The molecule has 1 fully saturated rings. The first kappa shape index (κ1) is 15.6. The zero-order chi connectivity index (χ0) is 16.4. The first-order valence-corrected chi connectivity index (χ1v) is 9.90. The highest BCUT2D eigenvalue weighted by atomic mass is 32.2. The van der Waals surface area contributed by atoms with E-state index in [-0.39, 0.29) is 5.91 Å². The van der Waals surface area contributed by atoms with Crippen LogP contribution < -0.4 is 0 Å². The Kier molecular flexibility index (Phi) is 4.49. The fourth-order valence-electron chi connectivity index (χ4n) is 2.90. The second-order valence-electron chi connectivity index (χ2n) is 5.70. The second kappa shape index (κ2) is 6.91. The van der Waals surface area contributed by atoms with Gasteiger partial charge in [0.2, 0.25) is 0 Å². The van der Waals surface area contributed by atoms with Crippen molar-refractivity contribution < 1.29 is 4.79 Å². The molecule has 24 heavy (non-hydrogen) atoms. The first-order chi connectivity index (χ1) is 11.8. The Bertz CT molecular complexity index is 850. The molecule has 1 unspecified atom stereocenters. The van der Waals surface area contributed by atoms with E-state index < -0.39 is 0 Å². The molecule has 0 aliphatic carbocycles. The molecule has 1 saturated heterocycles. The van der Waals surface area contributed by atoms with Gasteiger partial charge in [-0.2, -0.15) is 11.8 Å².